The Balaban J connectivity index is 1.51. The maximum atomic E-state index is 12.7. The number of imidazole rings is 1. The van der Waals surface area contributed by atoms with E-state index in [-0.39, 0.29) is 28.9 Å². The summed E-state index contributed by atoms with van der Waals surface area (Å²) in [5, 5.41) is 19.0. The SMILES string of the molecule is CC(C)(C)CC(=O)N1CCC(N=c2cc(Nc3cccc(Cl)c3)nc3/c(=C\c4[nH]c(=O)[nH]c4O)cnn23)CC1. The van der Waals surface area contributed by atoms with Crippen molar-refractivity contribution in [2.45, 2.75) is 46.1 Å². The highest BCUT2D eigenvalue weighted by molar-refractivity contribution is 6.30. The van der Waals surface area contributed by atoms with E-state index in [0.717, 1.165) is 18.5 Å². The van der Waals surface area contributed by atoms with Crippen molar-refractivity contribution in [1.82, 2.24) is 29.5 Å². The zero-order valence-electron chi connectivity index (χ0n) is 22.0. The highest BCUT2D eigenvalue weighted by Crippen LogP contribution is 2.22. The first-order valence-electron chi connectivity index (χ1n) is 12.8. The standard InChI is InChI=1S/C27H31ClN8O3/c1-27(2,3)14-23(37)35-9-7-18(8-10-35)31-22-13-21(30-19-6-4-5-17(28)12-19)33-24-16(15-29-36(22)24)11-20-25(38)34-26(39)32-20/h4-6,11-13,15,18,30,38H,7-10,14H2,1-3H3,(H2,32,34,39)/b16-11-,31-22?. The third kappa shape index (κ3) is 6.31. The van der Waals surface area contributed by atoms with Crippen molar-refractivity contribution in [2.24, 2.45) is 10.4 Å². The molecule has 1 aromatic carbocycles. The molecule has 1 aliphatic rings. The lowest BCUT2D eigenvalue weighted by atomic mass is 9.91. The molecule has 0 aliphatic carbocycles. The van der Waals surface area contributed by atoms with Crippen LogP contribution >= 0.6 is 11.6 Å². The summed E-state index contributed by atoms with van der Waals surface area (Å²) in [6, 6.07) is 9.13. The van der Waals surface area contributed by atoms with Gasteiger partial charge in [0.15, 0.2) is 11.1 Å². The molecule has 12 heteroatoms. The van der Waals surface area contributed by atoms with Gasteiger partial charge in [-0.1, -0.05) is 38.4 Å². The van der Waals surface area contributed by atoms with Gasteiger partial charge in [-0.3, -0.25) is 14.8 Å². The van der Waals surface area contributed by atoms with E-state index in [0.29, 0.717) is 46.7 Å². The van der Waals surface area contributed by atoms with Crippen molar-refractivity contribution < 1.29 is 9.90 Å². The first kappa shape index (κ1) is 26.5. The van der Waals surface area contributed by atoms with Crippen molar-refractivity contribution in [3.05, 3.63) is 68.4 Å². The second kappa shape index (κ2) is 10.6. The Hall–Kier alpha value is -4.12. The monoisotopic (exact) mass is 550 g/mol. The summed E-state index contributed by atoms with van der Waals surface area (Å²) in [7, 11) is 0. The number of hydrogen-bond donors (Lipinski definition) is 4. The van der Waals surface area contributed by atoms with Gasteiger partial charge in [0, 0.05) is 41.5 Å². The third-order valence-corrected chi connectivity index (χ3v) is 6.66. The number of aromatic amines is 2. The molecule has 4 heterocycles. The molecule has 0 saturated carbocycles. The third-order valence-electron chi connectivity index (χ3n) is 6.43. The van der Waals surface area contributed by atoms with Crippen LogP contribution in [0, 0.1) is 5.41 Å². The second-order valence-electron chi connectivity index (χ2n) is 10.9. The molecule has 5 rings (SSSR count). The molecular formula is C27H31ClN8O3. The highest BCUT2D eigenvalue weighted by atomic mass is 35.5. The van der Waals surface area contributed by atoms with E-state index in [1.807, 2.05) is 23.1 Å². The number of H-pyrrole nitrogens is 2. The van der Waals surface area contributed by atoms with Gasteiger partial charge in [-0.25, -0.2) is 9.78 Å². The molecule has 1 fully saturated rings. The minimum Gasteiger partial charge on any atom is -0.493 e. The van der Waals surface area contributed by atoms with Gasteiger partial charge in [0.1, 0.15) is 11.5 Å². The maximum Gasteiger partial charge on any atom is 0.326 e. The predicted molar refractivity (Wildman–Crippen MR) is 149 cm³/mol. The Labute approximate surface area is 229 Å². The second-order valence-corrected chi connectivity index (χ2v) is 11.4. The molecule has 204 valence electrons. The van der Waals surface area contributed by atoms with Gasteiger partial charge in [0.25, 0.3) is 0 Å². The van der Waals surface area contributed by atoms with Crippen LogP contribution in [0.4, 0.5) is 11.5 Å². The topological polar surface area (TPSA) is 144 Å². The Morgan fingerprint density at radius 3 is 2.69 bits per heavy atom. The molecule has 4 N–H and O–H groups in total. The normalized spacial score (nSPS) is 15.8. The molecule has 0 atom stereocenters. The molecular weight excluding hydrogens is 520 g/mol. The number of amides is 1. The van der Waals surface area contributed by atoms with E-state index in [1.54, 1.807) is 28.9 Å². The minimum atomic E-state index is -0.519. The van der Waals surface area contributed by atoms with Crippen molar-refractivity contribution in [2.75, 3.05) is 18.4 Å². The summed E-state index contributed by atoms with van der Waals surface area (Å²) >= 11 is 6.17. The van der Waals surface area contributed by atoms with E-state index in [1.165, 1.54) is 0 Å². The molecule has 0 bridgehead atoms. The van der Waals surface area contributed by atoms with Crippen LogP contribution in [0.3, 0.4) is 0 Å². The largest absolute Gasteiger partial charge is 0.493 e. The molecule has 1 aliphatic heterocycles. The van der Waals surface area contributed by atoms with Crippen LogP contribution in [0.5, 0.6) is 5.88 Å². The molecule has 39 heavy (non-hydrogen) atoms. The molecule has 3 aromatic heterocycles. The number of nitrogens with zero attached hydrogens (tertiary/aromatic N) is 5. The number of fused-ring (bicyclic) bond motifs is 1. The Morgan fingerprint density at radius 2 is 2.03 bits per heavy atom. The van der Waals surface area contributed by atoms with Crippen LogP contribution < -0.4 is 21.7 Å². The van der Waals surface area contributed by atoms with Crippen LogP contribution in [-0.4, -0.2) is 59.6 Å². The van der Waals surface area contributed by atoms with Crippen molar-refractivity contribution >= 4 is 40.7 Å². The van der Waals surface area contributed by atoms with Crippen LogP contribution in [0.1, 0.15) is 45.7 Å². The number of nitrogens with one attached hydrogen (secondary N) is 3. The smallest absolute Gasteiger partial charge is 0.326 e. The predicted octanol–water partition coefficient (Wildman–Crippen LogP) is 2.72. The van der Waals surface area contributed by atoms with E-state index >= 15 is 0 Å². The number of rotatable bonds is 5. The number of piperidine rings is 1. The van der Waals surface area contributed by atoms with Gasteiger partial charge < -0.3 is 20.3 Å². The van der Waals surface area contributed by atoms with E-state index in [4.69, 9.17) is 21.6 Å². The van der Waals surface area contributed by atoms with E-state index in [2.05, 4.69) is 41.2 Å². The lowest BCUT2D eigenvalue weighted by molar-refractivity contribution is -0.134. The fourth-order valence-corrected chi connectivity index (χ4v) is 4.77. The summed E-state index contributed by atoms with van der Waals surface area (Å²) in [5.74, 6) is 0.437. The summed E-state index contributed by atoms with van der Waals surface area (Å²) in [6.07, 6.45) is 5.20. The van der Waals surface area contributed by atoms with Crippen LogP contribution in [0.25, 0.3) is 11.7 Å². The van der Waals surface area contributed by atoms with E-state index in [9.17, 15) is 14.7 Å². The number of hydrogen-bond acceptors (Lipinski definition) is 7. The number of carbonyl (C=O) groups excluding carboxylic acids is 1. The number of likely N-dealkylation sites (tertiary alicyclic amines) is 1. The van der Waals surface area contributed by atoms with Gasteiger partial charge in [0.2, 0.25) is 11.8 Å². The van der Waals surface area contributed by atoms with Crippen molar-refractivity contribution in [3.8, 4) is 5.88 Å². The van der Waals surface area contributed by atoms with Crippen molar-refractivity contribution in [1.29, 1.82) is 0 Å². The Morgan fingerprint density at radius 1 is 1.26 bits per heavy atom. The average Bonchev–Trinajstić information content (AvgIpc) is 3.40. The van der Waals surface area contributed by atoms with Crippen LogP contribution in [0.15, 0.2) is 46.3 Å². The number of aromatic nitrogens is 5. The van der Waals surface area contributed by atoms with E-state index < -0.39 is 5.69 Å². The summed E-state index contributed by atoms with van der Waals surface area (Å²) in [4.78, 5) is 40.8. The van der Waals surface area contributed by atoms with Gasteiger partial charge in [-0.15, -0.1) is 0 Å². The number of benzene rings is 1. The summed E-state index contributed by atoms with van der Waals surface area (Å²) in [6.45, 7) is 7.52. The molecule has 0 unspecified atom stereocenters. The number of anilines is 2. The highest BCUT2D eigenvalue weighted by Gasteiger charge is 2.25. The van der Waals surface area contributed by atoms with Gasteiger partial charge in [0.05, 0.1) is 12.2 Å². The first-order chi connectivity index (χ1) is 18.5. The average molecular weight is 551 g/mol. The molecule has 11 nitrogen and oxygen atoms in total. The Kier molecular flexibility index (Phi) is 7.17. The first-order valence-corrected chi connectivity index (χ1v) is 13.2. The van der Waals surface area contributed by atoms with Gasteiger partial charge >= 0.3 is 5.69 Å². The van der Waals surface area contributed by atoms with Crippen molar-refractivity contribution in [3.63, 3.8) is 0 Å². The molecule has 1 saturated heterocycles. The zero-order valence-corrected chi connectivity index (χ0v) is 22.8. The molecule has 4 aromatic rings. The fourth-order valence-electron chi connectivity index (χ4n) is 4.58. The number of halogens is 1. The minimum absolute atomic E-state index is 0.00927. The maximum absolute atomic E-state index is 12.7. The molecule has 0 spiro atoms. The van der Waals surface area contributed by atoms with Gasteiger partial charge in [-0.05, 0) is 42.5 Å². The quantitative estimate of drug-likeness (QED) is 0.301. The molecule has 1 amide bonds. The lowest BCUT2D eigenvalue weighted by Gasteiger charge is -2.32. The van der Waals surface area contributed by atoms with Crippen LogP contribution in [0.2, 0.25) is 5.02 Å². The number of aromatic hydroxyl groups is 1. The Bertz CT molecular complexity index is 1690. The molecule has 0 radical (unpaired) electrons. The fraction of sp³-hybridized carbons (Fsp3) is 0.370. The van der Waals surface area contributed by atoms with Crippen LogP contribution in [-0.2, 0) is 4.79 Å². The summed E-state index contributed by atoms with van der Waals surface area (Å²) < 4.78 is 1.63. The zero-order chi connectivity index (χ0) is 27.7. The van der Waals surface area contributed by atoms with Gasteiger partial charge in [-0.2, -0.15) is 9.61 Å². The summed E-state index contributed by atoms with van der Waals surface area (Å²) in [5.41, 5.74) is 1.49. The lowest BCUT2D eigenvalue weighted by Crippen LogP contribution is -2.41. The number of carbonyl (C=O) groups is 1.